The predicted octanol–water partition coefficient (Wildman–Crippen LogP) is 2.96. The minimum absolute atomic E-state index is 0.0757. The number of ether oxygens (including phenoxy) is 1. The highest BCUT2D eigenvalue weighted by molar-refractivity contribution is 5.93. The van der Waals surface area contributed by atoms with Gasteiger partial charge in [-0.05, 0) is 37.6 Å². The Labute approximate surface area is 118 Å². The number of hydrogen-bond donors (Lipinski definition) is 0. The van der Waals surface area contributed by atoms with Gasteiger partial charge in [0.2, 0.25) is 0 Å². The highest BCUT2D eigenvalue weighted by Gasteiger charge is 2.13. The molecule has 0 fully saturated rings. The van der Waals surface area contributed by atoms with Crippen molar-refractivity contribution < 1.29 is 9.53 Å². The second-order valence-electron chi connectivity index (χ2n) is 4.69. The molecule has 0 radical (unpaired) electrons. The van der Waals surface area contributed by atoms with Crippen molar-refractivity contribution in [2.45, 2.75) is 33.6 Å². The lowest BCUT2D eigenvalue weighted by atomic mass is 10.2. The maximum atomic E-state index is 11.4. The molecule has 1 aromatic carbocycles. The lowest BCUT2D eigenvalue weighted by molar-refractivity contribution is 0.101. The molecule has 0 aliphatic heterocycles. The van der Waals surface area contributed by atoms with Crippen LogP contribution in [-0.2, 0) is 0 Å². The topological polar surface area (TPSA) is 57.0 Å². The summed E-state index contributed by atoms with van der Waals surface area (Å²) in [5.74, 6) is 0.764. The van der Waals surface area contributed by atoms with Gasteiger partial charge in [-0.15, -0.1) is 5.10 Å². The van der Waals surface area contributed by atoms with Gasteiger partial charge in [-0.1, -0.05) is 18.6 Å². The Bertz CT molecular complexity index is 588. The van der Waals surface area contributed by atoms with E-state index < -0.39 is 0 Å². The van der Waals surface area contributed by atoms with Crippen LogP contribution in [0.15, 0.2) is 24.3 Å². The van der Waals surface area contributed by atoms with Gasteiger partial charge >= 0.3 is 0 Å². The van der Waals surface area contributed by atoms with Gasteiger partial charge in [-0.3, -0.25) is 4.79 Å². The molecule has 5 nitrogen and oxygen atoms in total. The standard InChI is InChI=1S/C15H19N3O2/c1-4-5-10-20-14-8-6-13(7-9-14)18-11(2)15(12(3)19)16-17-18/h6-9H,4-5,10H2,1-3H3. The van der Waals surface area contributed by atoms with E-state index in [1.54, 1.807) is 4.68 Å². The van der Waals surface area contributed by atoms with Crippen molar-refractivity contribution in [2.24, 2.45) is 0 Å². The minimum atomic E-state index is -0.0757. The number of ketones is 1. The van der Waals surface area contributed by atoms with Gasteiger partial charge in [0.05, 0.1) is 18.0 Å². The molecule has 5 heteroatoms. The fraction of sp³-hybridized carbons (Fsp3) is 0.400. The average molecular weight is 273 g/mol. The Balaban J connectivity index is 2.16. The quantitative estimate of drug-likeness (QED) is 0.599. The molecule has 0 bridgehead atoms. The number of rotatable bonds is 6. The van der Waals surface area contributed by atoms with Gasteiger partial charge in [-0.25, -0.2) is 4.68 Å². The predicted molar refractivity (Wildman–Crippen MR) is 76.5 cm³/mol. The average Bonchev–Trinajstić information content (AvgIpc) is 2.82. The Morgan fingerprint density at radius 1 is 1.30 bits per heavy atom. The summed E-state index contributed by atoms with van der Waals surface area (Å²) in [5.41, 5.74) is 2.02. The first kappa shape index (κ1) is 14.2. The lowest BCUT2D eigenvalue weighted by Gasteiger charge is -2.07. The zero-order valence-corrected chi connectivity index (χ0v) is 12.1. The maximum Gasteiger partial charge on any atom is 0.181 e. The number of benzene rings is 1. The summed E-state index contributed by atoms with van der Waals surface area (Å²) < 4.78 is 7.27. The third-order valence-electron chi connectivity index (χ3n) is 3.08. The van der Waals surface area contributed by atoms with Gasteiger partial charge in [0.25, 0.3) is 0 Å². The van der Waals surface area contributed by atoms with Gasteiger partial charge in [0, 0.05) is 6.92 Å². The second kappa shape index (κ2) is 6.32. The molecule has 0 atom stereocenters. The van der Waals surface area contributed by atoms with Crippen molar-refractivity contribution in [3.8, 4) is 11.4 Å². The molecule has 20 heavy (non-hydrogen) atoms. The van der Waals surface area contributed by atoms with Crippen LogP contribution >= 0.6 is 0 Å². The van der Waals surface area contributed by atoms with Crippen LogP contribution in [0.2, 0.25) is 0 Å². The summed E-state index contributed by atoms with van der Waals surface area (Å²) in [7, 11) is 0. The fourth-order valence-electron chi connectivity index (χ4n) is 1.92. The number of carbonyl (C=O) groups excluding carboxylic acids is 1. The SMILES string of the molecule is CCCCOc1ccc(-n2nnc(C(C)=O)c2C)cc1. The number of Topliss-reactive ketones (excluding diaryl/α,β-unsaturated/α-hetero) is 1. The molecule has 2 rings (SSSR count). The van der Waals surface area contributed by atoms with Crippen LogP contribution in [0.1, 0.15) is 42.9 Å². The van der Waals surface area contributed by atoms with Crippen molar-refractivity contribution in [3.05, 3.63) is 35.7 Å². The highest BCUT2D eigenvalue weighted by Crippen LogP contribution is 2.17. The Kier molecular flexibility index (Phi) is 4.50. The molecule has 0 aliphatic carbocycles. The van der Waals surface area contributed by atoms with Gasteiger partial charge in [0.1, 0.15) is 5.75 Å². The van der Waals surface area contributed by atoms with Gasteiger partial charge in [0.15, 0.2) is 11.5 Å². The van der Waals surface area contributed by atoms with Crippen LogP contribution in [-0.4, -0.2) is 27.4 Å². The monoisotopic (exact) mass is 273 g/mol. The molecule has 1 heterocycles. The molecule has 0 unspecified atom stereocenters. The highest BCUT2D eigenvalue weighted by atomic mass is 16.5. The zero-order chi connectivity index (χ0) is 14.5. The largest absolute Gasteiger partial charge is 0.494 e. The van der Waals surface area contributed by atoms with Gasteiger partial charge in [-0.2, -0.15) is 0 Å². The summed E-state index contributed by atoms with van der Waals surface area (Å²) in [6.45, 7) is 6.19. The van der Waals surface area contributed by atoms with E-state index in [0.717, 1.165) is 36.6 Å². The normalized spacial score (nSPS) is 10.6. The molecule has 0 saturated carbocycles. The van der Waals surface area contributed by atoms with Crippen molar-refractivity contribution in [2.75, 3.05) is 6.61 Å². The van der Waals surface area contributed by atoms with Crippen LogP contribution in [0, 0.1) is 6.92 Å². The van der Waals surface area contributed by atoms with Crippen LogP contribution in [0.5, 0.6) is 5.75 Å². The number of unbranched alkanes of at least 4 members (excludes halogenated alkanes) is 1. The maximum absolute atomic E-state index is 11.4. The van der Waals surface area contributed by atoms with E-state index in [9.17, 15) is 4.79 Å². The van der Waals surface area contributed by atoms with E-state index in [2.05, 4.69) is 17.2 Å². The van der Waals surface area contributed by atoms with Crippen molar-refractivity contribution >= 4 is 5.78 Å². The Hall–Kier alpha value is -2.17. The number of carbonyl (C=O) groups is 1. The number of nitrogens with zero attached hydrogens (tertiary/aromatic N) is 3. The molecular formula is C15H19N3O2. The van der Waals surface area contributed by atoms with E-state index in [1.165, 1.54) is 6.92 Å². The summed E-state index contributed by atoms with van der Waals surface area (Å²) in [6, 6.07) is 7.62. The van der Waals surface area contributed by atoms with E-state index in [1.807, 2.05) is 31.2 Å². The summed E-state index contributed by atoms with van der Waals surface area (Å²) in [4.78, 5) is 11.4. The smallest absolute Gasteiger partial charge is 0.181 e. The first-order chi connectivity index (χ1) is 9.63. The third kappa shape index (κ3) is 3.04. The van der Waals surface area contributed by atoms with E-state index >= 15 is 0 Å². The zero-order valence-electron chi connectivity index (χ0n) is 12.1. The lowest BCUT2D eigenvalue weighted by Crippen LogP contribution is -2.01. The summed E-state index contributed by atoms with van der Waals surface area (Å²) >= 11 is 0. The first-order valence-corrected chi connectivity index (χ1v) is 6.80. The van der Waals surface area contributed by atoms with E-state index in [-0.39, 0.29) is 5.78 Å². The molecule has 0 amide bonds. The van der Waals surface area contributed by atoms with Crippen LogP contribution in [0.3, 0.4) is 0 Å². The van der Waals surface area contributed by atoms with Gasteiger partial charge < -0.3 is 4.74 Å². The van der Waals surface area contributed by atoms with Crippen LogP contribution in [0.4, 0.5) is 0 Å². The van der Waals surface area contributed by atoms with Crippen molar-refractivity contribution in [1.29, 1.82) is 0 Å². The van der Waals surface area contributed by atoms with Crippen LogP contribution in [0.25, 0.3) is 5.69 Å². The van der Waals surface area contributed by atoms with E-state index in [0.29, 0.717) is 5.69 Å². The van der Waals surface area contributed by atoms with Crippen LogP contribution < -0.4 is 4.74 Å². The van der Waals surface area contributed by atoms with Crippen molar-refractivity contribution in [3.63, 3.8) is 0 Å². The number of aromatic nitrogens is 3. The minimum Gasteiger partial charge on any atom is -0.494 e. The fourth-order valence-corrected chi connectivity index (χ4v) is 1.92. The molecule has 0 saturated heterocycles. The molecule has 106 valence electrons. The summed E-state index contributed by atoms with van der Waals surface area (Å²) in [6.07, 6.45) is 2.16. The molecule has 2 aromatic rings. The molecule has 0 N–H and O–H groups in total. The summed E-state index contributed by atoms with van der Waals surface area (Å²) in [5, 5.41) is 7.92. The van der Waals surface area contributed by atoms with E-state index in [4.69, 9.17) is 4.74 Å². The molecular weight excluding hydrogens is 254 g/mol. The molecule has 1 aromatic heterocycles. The Morgan fingerprint density at radius 3 is 2.55 bits per heavy atom. The van der Waals surface area contributed by atoms with Crippen molar-refractivity contribution in [1.82, 2.24) is 15.0 Å². The molecule has 0 aliphatic rings. The molecule has 0 spiro atoms. The first-order valence-electron chi connectivity index (χ1n) is 6.80. The Morgan fingerprint density at radius 2 is 2.00 bits per heavy atom. The second-order valence-corrected chi connectivity index (χ2v) is 4.69. The third-order valence-corrected chi connectivity index (χ3v) is 3.08. The number of hydrogen-bond acceptors (Lipinski definition) is 4.